The van der Waals surface area contributed by atoms with Crippen molar-refractivity contribution in [1.29, 1.82) is 0 Å². The first-order valence-electron chi connectivity index (χ1n) is 32.4. The summed E-state index contributed by atoms with van der Waals surface area (Å²) in [5.74, 6) is -1.03. The van der Waals surface area contributed by atoms with E-state index in [9.17, 15) is 14.4 Å². The predicted molar refractivity (Wildman–Crippen MR) is 334 cm³/mol. The number of ether oxygens (including phenoxy) is 3. The van der Waals surface area contributed by atoms with Crippen molar-refractivity contribution in [3.63, 3.8) is 0 Å². The lowest BCUT2D eigenvalue weighted by Gasteiger charge is -2.18. The van der Waals surface area contributed by atoms with Gasteiger partial charge in [-0.1, -0.05) is 310 Å². The Morgan fingerprint density at radius 1 is 0.286 bits per heavy atom. The Labute approximate surface area is 476 Å². The van der Waals surface area contributed by atoms with Gasteiger partial charge in [0.2, 0.25) is 0 Å². The molecule has 440 valence electrons. The summed E-state index contributed by atoms with van der Waals surface area (Å²) in [6, 6.07) is 0. The van der Waals surface area contributed by atoms with Crippen molar-refractivity contribution in [3.05, 3.63) is 109 Å². The normalized spacial score (nSPS) is 12.8. The summed E-state index contributed by atoms with van der Waals surface area (Å²) in [5.41, 5.74) is 0. The lowest BCUT2D eigenvalue weighted by Crippen LogP contribution is -2.30. The largest absolute Gasteiger partial charge is 0.462 e. The fraction of sp³-hybridized carbons (Fsp3) is 0.704. The second-order valence-electron chi connectivity index (χ2n) is 21.3. The summed E-state index contributed by atoms with van der Waals surface area (Å²) < 4.78 is 16.8. The third kappa shape index (κ3) is 62.8. The Hall–Kier alpha value is -3.93. The molecular weight excluding hydrogens is 949 g/mol. The van der Waals surface area contributed by atoms with Gasteiger partial charge in [0, 0.05) is 12.8 Å². The quantitative estimate of drug-likeness (QED) is 0.0261. The molecule has 0 rings (SSSR count). The molecule has 0 heterocycles. The van der Waals surface area contributed by atoms with Gasteiger partial charge < -0.3 is 14.2 Å². The Morgan fingerprint density at radius 3 is 0.857 bits per heavy atom. The standard InChI is InChI=1S/C71H120O6/c1-4-7-10-13-16-19-22-25-27-28-29-30-31-32-33-34-35-36-37-38-39-40-41-42-44-46-49-52-55-58-61-64-70(73)76-67-68(66-75-69(72)63-60-57-54-51-48-45-24-21-18-15-12-9-6-3)77-71(74)65-62-59-56-53-50-47-43-26-23-20-17-14-11-8-5-2/h7-8,10-11,16-17,19-20,25-27,29-30,43,50,53,59,62,68H,4-6,9,12-15,18,21-24,28,31-42,44-49,51-52,54-58,60-61,63-67H2,1-3H3/b10-7-,11-8-,19-16-,20-17-,27-25-,30-29-,43-26-,53-50-,62-59-. The molecule has 0 fully saturated rings. The van der Waals surface area contributed by atoms with Gasteiger partial charge >= 0.3 is 17.9 Å². The number of esters is 3. The van der Waals surface area contributed by atoms with Crippen LogP contribution >= 0.6 is 0 Å². The van der Waals surface area contributed by atoms with Crippen LogP contribution in [0.15, 0.2) is 109 Å². The minimum absolute atomic E-state index is 0.0980. The van der Waals surface area contributed by atoms with Crippen LogP contribution in [0.5, 0.6) is 0 Å². The zero-order valence-corrected chi connectivity index (χ0v) is 50.4. The van der Waals surface area contributed by atoms with Crippen molar-refractivity contribution in [3.8, 4) is 0 Å². The van der Waals surface area contributed by atoms with E-state index < -0.39 is 12.1 Å². The topological polar surface area (TPSA) is 78.9 Å². The van der Waals surface area contributed by atoms with Crippen LogP contribution in [-0.2, 0) is 28.6 Å². The molecule has 0 amide bonds. The molecule has 0 N–H and O–H groups in total. The van der Waals surface area contributed by atoms with Crippen LogP contribution < -0.4 is 0 Å². The minimum Gasteiger partial charge on any atom is -0.462 e. The van der Waals surface area contributed by atoms with Crippen LogP contribution in [0.1, 0.15) is 303 Å². The van der Waals surface area contributed by atoms with Gasteiger partial charge in [-0.3, -0.25) is 14.4 Å². The number of allylic oxidation sites excluding steroid dienone is 17. The number of hydrogen-bond donors (Lipinski definition) is 0. The molecule has 6 nitrogen and oxygen atoms in total. The molecule has 0 aromatic heterocycles. The highest BCUT2D eigenvalue weighted by Crippen LogP contribution is 2.17. The smallest absolute Gasteiger partial charge is 0.310 e. The number of unbranched alkanes of at least 4 members (excludes halogenated alkanes) is 30. The Balaban J connectivity index is 4.23. The van der Waals surface area contributed by atoms with E-state index in [0.29, 0.717) is 12.8 Å². The SMILES string of the molecule is CC/C=C\C/C=C\C/C=C\C/C=C\C/C=C\CC(=O)OC(COC(=O)CCCCCCCCCCCCCCC)COC(=O)CCCCCCCCCCCCCCCCCCCC/C=C\C/C=C\C/C=C\C/C=C\CC. The number of hydrogen-bond acceptors (Lipinski definition) is 6. The molecular formula is C71H120O6. The first kappa shape index (κ1) is 73.1. The lowest BCUT2D eigenvalue weighted by atomic mass is 10.0. The molecule has 0 radical (unpaired) electrons. The van der Waals surface area contributed by atoms with Gasteiger partial charge in [-0.05, 0) is 83.5 Å². The van der Waals surface area contributed by atoms with Gasteiger partial charge in [-0.2, -0.15) is 0 Å². The van der Waals surface area contributed by atoms with E-state index in [1.54, 1.807) is 6.08 Å². The van der Waals surface area contributed by atoms with Crippen LogP contribution in [-0.4, -0.2) is 37.2 Å². The maximum absolute atomic E-state index is 12.8. The molecule has 0 aliphatic carbocycles. The summed E-state index contributed by atoms with van der Waals surface area (Å²) in [4.78, 5) is 38.2. The number of carbonyl (C=O) groups excluding carboxylic acids is 3. The highest BCUT2D eigenvalue weighted by Gasteiger charge is 2.19. The minimum atomic E-state index is -0.830. The van der Waals surface area contributed by atoms with Gasteiger partial charge in [-0.25, -0.2) is 0 Å². The Morgan fingerprint density at radius 2 is 0.545 bits per heavy atom. The lowest BCUT2D eigenvalue weighted by molar-refractivity contribution is -0.166. The van der Waals surface area contributed by atoms with Crippen molar-refractivity contribution in [1.82, 2.24) is 0 Å². The first-order chi connectivity index (χ1) is 38.0. The number of carbonyl (C=O) groups is 3. The second-order valence-corrected chi connectivity index (χ2v) is 21.3. The van der Waals surface area contributed by atoms with Crippen LogP contribution in [0.25, 0.3) is 0 Å². The van der Waals surface area contributed by atoms with E-state index in [1.165, 1.54) is 167 Å². The molecule has 0 aliphatic heterocycles. The maximum atomic E-state index is 12.8. The first-order valence-corrected chi connectivity index (χ1v) is 32.4. The number of rotatable bonds is 58. The predicted octanol–water partition coefficient (Wildman–Crippen LogP) is 22.2. The molecule has 6 heteroatoms. The van der Waals surface area contributed by atoms with Crippen LogP contribution in [0.3, 0.4) is 0 Å². The van der Waals surface area contributed by atoms with Crippen LogP contribution in [0, 0.1) is 0 Å². The molecule has 0 saturated carbocycles. The summed E-state index contributed by atoms with van der Waals surface area (Å²) in [5, 5.41) is 0. The zero-order chi connectivity index (χ0) is 55.7. The summed E-state index contributed by atoms with van der Waals surface area (Å²) in [6.07, 6.45) is 88.6. The van der Waals surface area contributed by atoms with Crippen LogP contribution in [0.4, 0.5) is 0 Å². The van der Waals surface area contributed by atoms with Crippen LogP contribution in [0.2, 0.25) is 0 Å². The van der Waals surface area contributed by atoms with Gasteiger partial charge in [0.15, 0.2) is 6.10 Å². The maximum Gasteiger partial charge on any atom is 0.310 e. The average Bonchev–Trinajstić information content (AvgIpc) is 3.43. The average molecular weight is 1070 g/mol. The fourth-order valence-corrected chi connectivity index (χ4v) is 9.04. The summed E-state index contributed by atoms with van der Waals surface area (Å²) in [7, 11) is 0. The zero-order valence-electron chi connectivity index (χ0n) is 50.4. The van der Waals surface area contributed by atoms with E-state index in [-0.39, 0.29) is 31.6 Å². The van der Waals surface area contributed by atoms with E-state index in [1.807, 2.05) is 6.08 Å². The summed E-state index contributed by atoms with van der Waals surface area (Å²) in [6.45, 7) is 6.35. The van der Waals surface area contributed by atoms with Crippen molar-refractivity contribution >= 4 is 17.9 Å². The monoisotopic (exact) mass is 1070 g/mol. The van der Waals surface area contributed by atoms with Crippen molar-refractivity contribution in [2.75, 3.05) is 13.2 Å². The Kier molecular flexibility index (Phi) is 61.3. The molecule has 1 unspecified atom stereocenters. The molecule has 77 heavy (non-hydrogen) atoms. The van der Waals surface area contributed by atoms with E-state index in [4.69, 9.17) is 14.2 Å². The van der Waals surface area contributed by atoms with Gasteiger partial charge in [0.05, 0.1) is 6.42 Å². The summed E-state index contributed by atoms with van der Waals surface area (Å²) >= 11 is 0. The van der Waals surface area contributed by atoms with Crippen molar-refractivity contribution < 1.29 is 28.6 Å². The molecule has 0 aromatic rings. The van der Waals surface area contributed by atoms with Gasteiger partial charge in [0.25, 0.3) is 0 Å². The third-order valence-corrected chi connectivity index (χ3v) is 13.8. The van der Waals surface area contributed by atoms with E-state index in [0.717, 1.165) is 96.3 Å². The van der Waals surface area contributed by atoms with Crippen molar-refractivity contribution in [2.24, 2.45) is 0 Å². The molecule has 0 aliphatic rings. The molecule has 1 atom stereocenters. The fourth-order valence-electron chi connectivity index (χ4n) is 9.04. The van der Waals surface area contributed by atoms with E-state index >= 15 is 0 Å². The Bertz CT molecular complexity index is 1560. The molecule has 0 spiro atoms. The molecule has 0 saturated heterocycles. The highest BCUT2D eigenvalue weighted by molar-refractivity contribution is 5.72. The van der Waals surface area contributed by atoms with E-state index in [2.05, 4.69) is 118 Å². The molecule has 0 aromatic carbocycles. The molecule has 0 bridgehead atoms. The highest BCUT2D eigenvalue weighted by atomic mass is 16.6. The van der Waals surface area contributed by atoms with Crippen molar-refractivity contribution in [2.45, 2.75) is 309 Å². The van der Waals surface area contributed by atoms with Gasteiger partial charge in [0.1, 0.15) is 13.2 Å². The third-order valence-electron chi connectivity index (χ3n) is 13.8. The van der Waals surface area contributed by atoms with Gasteiger partial charge in [-0.15, -0.1) is 0 Å². The second kappa shape index (κ2) is 64.6.